The van der Waals surface area contributed by atoms with Crippen LogP contribution in [0.25, 0.3) is 0 Å². The molecule has 22 heavy (non-hydrogen) atoms. The maximum Gasteiger partial charge on any atom is 0.227 e. The van der Waals surface area contributed by atoms with E-state index in [1.165, 1.54) is 5.56 Å². The van der Waals surface area contributed by atoms with Gasteiger partial charge in [0.25, 0.3) is 0 Å². The van der Waals surface area contributed by atoms with Gasteiger partial charge in [-0.2, -0.15) is 4.98 Å². The molecule has 1 saturated heterocycles. The van der Waals surface area contributed by atoms with Crippen LogP contribution in [0.4, 0.5) is 11.8 Å². The van der Waals surface area contributed by atoms with Gasteiger partial charge in [0.05, 0.1) is 0 Å². The minimum atomic E-state index is 0.828. The predicted octanol–water partition coefficient (Wildman–Crippen LogP) is 1.26. The van der Waals surface area contributed by atoms with Crippen molar-refractivity contribution in [1.29, 1.82) is 0 Å². The molecule has 6 heteroatoms. The van der Waals surface area contributed by atoms with Crippen molar-refractivity contribution >= 4 is 11.8 Å². The first-order valence-corrected chi connectivity index (χ1v) is 7.59. The highest BCUT2D eigenvalue weighted by molar-refractivity contribution is 5.42. The summed E-state index contributed by atoms with van der Waals surface area (Å²) in [5.41, 5.74) is 1.31. The largest absolute Gasteiger partial charge is 0.363 e. The van der Waals surface area contributed by atoms with Gasteiger partial charge in [-0.05, 0) is 23.8 Å². The van der Waals surface area contributed by atoms with Crippen LogP contribution < -0.4 is 9.80 Å². The quantitative estimate of drug-likeness (QED) is 0.847. The number of piperazine rings is 1. The van der Waals surface area contributed by atoms with Gasteiger partial charge in [0.1, 0.15) is 5.82 Å². The Bertz CT molecular complexity index is 593. The summed E-state index contributed by atoms with van der Waals surface area (Å²) in [5.74, 6) is 1.78. The molecule has 1 aliphatic heterocycles. The van der Waals surface area contributed by atoms with E-state index in [1.807, 2.05) is 43.7 Å². The Hall–Kier alpha value is -2.21. The molecule has 0 aliphatic carbocycles. The molecule has 2 aromatic heterocycles. The monoisotopic (exact) mass is 298 g/mol. The Morgan fingerprint density at radius 3 is 2.41 bits per heavy atom. The topological polar surface area (TPSA) is 48.4 Å². The fourth-order valence-corrected chi connectivity index (χ4v) is 2.59. The first-order valence-electron chi connectivity index (χ1n) is 7.59. The molecular weight excluding hydrogens is 276 g/mol. The summed E-state index contributed by atoms with van der Waals surface area (Å²) in [7, 11) is 4.00. The van der Waals surface area contributed by atoms with E-state index in [9.17, 15) is 0 Å². The Morgan fingerprint density at radius 1 is 1.00 bits per heavy atom. The van der Waals surface area contributed by atoms with Crippen molar-refractivity contribution in [3.8, 4) is 0 Å². The van der Waals surface area contributed by atoms with Crippen molar-refractivity contribution in [3.63, 3.8) is 0 Å². The minimum absolute atomic E-state index is 0.828. The Balaban J connectivity index is 1.58. The molecule has 0 unspecified atom stereocenters. The highest BCUT2D eigenvalue weighted by Gasteiger charge is 2.19. The van der Waals surface area contributed by atoms with Gasteiger partial charge in [0.15, 0.2) is 0 Å². The van der Waals surface area contributed by atoms with Crippen molar-refractivity contribution in [2.75, 3.05) is 50.1 Å². The van der Waals surface area contributed by atoms with Gasteiger partial charge in [0, 0.05) is 65.4 Å². The normalized spacial score (nSPS) is 15.8. The summed E-state index contributed by atoms with van der Waals surface area (Å²) in [5, 5.41) is 0. The maximum atomic E-state index is 4.62. The average molecular weight is 298 g/mol. The molecule has 0 radical (unpaired) electrons. The Kier molecular flexibility index (Phi) is 4.48. The lowest BCUT2D eigenvalue weighted by Crippen LogP contribution is -2.46. The van der Waals surface area contributed by atoms with Crippen molar-refractivity contribution in [3.05, 3.63) is 42.4 Å². The molecular formula is C16H22N6. The highest BCUT2D eigenvalue weighted by atomic mass is 15.3. The van der Waals surface area contributed by atoms with E-state index < -0.39 is 0 Å². The molecule has 116 valence electrons. The first kappa shape index (κ1) is 14.7. The van der Waals surface area contributed by atoms with Crippen molar-refractivity contribution in [2.45, 2.75) is 6.54 Å². The zero-order valence-corrected chi connectivity index (χ0v) is 13.2. The van der Waals surface area contributed by atoms with Crippen LogP contribution in [0.5, 0.6) is 0 Å². The van der Waals surface area contributed by atoms with E-state index in [-0.39, 0.29) is 0 Å². The minimum Gasteiger partial charge on any atom is -0.363 e. The maximum absolute atomic E-state index is 4.62. The summed E-state index contributed by atoms with van der Waals surface area (Å²) < 4.78 is 0. The molecule has 3 rings (SSSR count). The number of nitrogens with zero attached hydrogens (tertiary/aromatic N) is 6. The summed E-state index contributed by atoms with van der Waals surface area (Å²) >= 11 is 0. The molecule has 3 heterocycles. The third kappa shape index (κ3) is 3.51. The SMILES string of the molecule is CN(C)c1ccnc(N2CCN(Cc3ccncc3)CC2)n1. The van der Waals surface area contributed by atoms with E-state index >= 15 is 0 Å². The molecule has 0 spiro atoms. The van der Waals surface area contributed by atoms with Crippen LogP contribution >= 0.6 is 0 Å². The number of hydrogen-bond acceptors (Lipinski definition) is 6. The fourth-order valence-electron chi connectivity index (χ4n) is 2.59. The van der Waals surface area contributed by atoms with Gasteiger partial charge >= 0.3 is 0 Å². The lowest BCUT2D eigenvalue weighted by molar-refractivity contribution is 0.248. The summed E-state index contributed by atoms with van der Waals surface area (Å²) in [4.78, 5) is 19.8. The second-order valence-electron chi connectivity index (χ2n) is 5.73. The van der Waals surface area contributed by atoms with E-state index in [2.05, 4.69) is 36.9 Å². The molecule has 0 saturated carbocycles. The molecule has 0 atom stereocenters. The van der Waals surface area contributed by atoms with Crippen LogP contribution in [0.1, 0.15) is 5.56 Å². The lowest BCUT2D eigenvalue weighted by Gasteiger charge is -2.34. The standard InChI is InChI=1S/C16H22N6/c1-20(2)15-5-8-18-16(19-15)22-11-9-21(10-12-22)13-14-3-6-17-7-4-14/h3-8H,9-13H2,1-2H3. The molecule has 6 nitrogen and oxygen atoms in total. The molecule has 1 aliphatic rings. The molecule has 0 N–H and O–H groups in total. The van der Waals surface area contributed by atoms with Crippen molar-refractivity contribution < 1.29 is 0 Å². The second kappa shape index (κ2) is 6.70. The highest BCUT2D eigenvalue weighted by Crippen LogP contribution is 2.15. The third-order valence-corrected chi connectivity index (χ3v) is 3.90. The van der Waals surface area contributed by atoms with Crippen LogP contribution in [0.3, 0.4) is 0 Å². The summed E-state index contributed by atoms with van der Waals surface area (Å²) in [6.07, 6.45) is 5.54. The van der Waals surface area contributed by atoms with Gasteiger partial charge in [0.2, 0.25) is 5.95 Å². The molecule has 0 aromatic carbocycles. The zero-order valence-electron chi connectivity index (χ0n) is 13.2. The fraction of sp³-hybridized carbons (Fsp3) is 0.438. The van der Waals surface area contributed by atoms with E-state index in [4.69, 9.17) is 0 Å². The first-order chi connectivity index (χ1) is 10.7. The zero-order chi connectivity index (χ0) is 15.4. The Labute approximate surface area is 131 Å². The van der Waals surface area contributed by atoms with Crippen LogP contribution in [-0.4, -0.2) is 60.1 Å². The van der Waals surface area contributed by atoms with Gasteiger partial charge in [-0.1, -0.05) is 0 Å². The van der Waals surface area contributed by atoms with Gasteiger partial charge in [-0.25, -0.2) is 4.98 Å². The van der Waals surface area contributed by atoms with Crippen LogP contribution in [0.2, 0.25) is 0 Å². The number of aromatic nitrogens is 3. The summed E-state index contributed by atoms with van der Waals surface area (Å²) in [6.45, 7) is 4.95. The van der Waals surface area contributed by atoms with Crippen LogP contribution in [0, 0.1) is 0 Å². The van der Waals surface area contributed by atoms with E-state index in [0.29, 0.717) is 0 Å². The van der Waals surface area contributed by atoms with Gasteiger partial charge in [-0.15, -0.1) is 0 Å². The smallest absolute Gasteiger partial charge is 0.227 e. The van der Waals surface area contributed by atoms with Crippen LogP contribution in [0.15, 0.2) is 36.8 Å². The predicted molar refractivity (Wildman–Crippen MR) is 88.1 cm³/mol. The Morgan fingerprint density at radius 2 is 1.73 bits per heavy atom. The number of pyridine rings is 1. The third-order valence-electron chi connectivity index (χ3n) is 3.90. The van der Waals surface area contributed by atoms with Crippen molar-refractivity contribution in [1.82, 2.24) is 19.9 Å². The summed E-state index contributed by atoms with van der Waals surface area (Å²) in [6, 6.07) is 6.09. The second-order valence-corrected chi connectivity index (χ2v) is 5.73. The lowest BCUT2D eigenvalue weighted by atomic mass is 10.2. The number of rotatable bonds is 4. The molecule has 0 amide bonds. The molecule has 2 aromatic rings. The molecule has 1 fully saturated rings. The van der Waals surface area contributed by atoms with Crippen molar-refractivity contribution in [2.24, 2.45) is 0 Å². The van der Waals surface area contributed by atoms with Crippen LogP contribution in [-0.2, 0) is 6.54 Å². The average Bonchev–Trinajstić information content (AvgIpc) is 2.56. The van der Waals surface area contributed by atoms with E-state index in [0.717, 1.165) is 44.5 Å². The van der Waals surface area contributed by atoms with E-state index in [1.54, 1.807) is 0 Å². The number of hydrogen-bond donors (Lipinski definition) is 0. The van der Waals surface area contributed by atoms with Gasteiger partial charge in [-0.3, -0.25) is 9.88 Å². The molecule has 0 bridgehead atoms. The number of anilines is 2. The van der Waals surface area contributed by atoms with Gasteiger partial charge < -0.3 is 9.80 Å².